The summed E-state index contributed by atoms with van der Waals surface area (Å²) in [7, 11) is 0. The molecule has 1 amide bonds. The molecule has 1 aliphatic heterocycles. The second-order valence-electron chi connectivity index (χ2n) is 5.56. The number of carbonyl (C=O) groups excluding carboxylic acids is 1. The van der Waals surface area contributed by atoms with E-state index in [2.05, 4.69) is 10.3 Å². The van der Waals surface area contributed by atoms with Gasteiger partial charge in [0.15, 0.2) is 0 Å². The number of benzene rings is 3. The minimum atomic E-state index is -0.141. The van der Waals surface area contributed by atoms with Gasteiger partial charge in [-0.25, -0.2) is 4.99 Å². The van der Waals surface area contributed by atoms with E-state index in [4.69, 9.17) is 4.74 Å². The Morgan fingerprint density at radius 1 is 0.958 bits per heavy atom. The van der Waals surface area contributed by atoms with Crippen LogP contribution in [0.4, 0.5) is 5.69 Å². The van der Waals surface area contributed by atoms with Gasteiger partial charge in [-0.1, -0.05) is 48.5 Å². The molecule has 4 heteroatoms. The highest BCUT2D eigenvalue weighted by molar-refractivity contribution is 6.14. The van der Waals surface area contributed by atoms with E-state index >= 15 is 0 Å². The summed E-state index contributed by atoms with van der Waals surface area (Å²) in [6, 6.07) is 21.2. The number of nitrogens with one attached hydrogen (secondary N) is 1. The number of rotatable bonds is 3. The SMILES string of the molecule is O=C(Nc1ccccc1C1=NCCO1)c1cccc2ccccc12. The van der Waals surface area contributed by atoms with Crippen LogP contribution >= 0.6 is 0 Å². The summed E-state index contributed by atoms with van der Waals surface area (Å²) in [4.78, 5) is 17.1. The van der Waals surface area contributed by atoms with Crippen LogP contribution in [-0.2, 0) is 4.74 Å². The van der Waals surface area contributed by atoms with E-state index in [0.29, 0.717) is 30.3 Å². The zero-order chi connectivity index (χ0) is 16.4. The molecule has 0 fully saturated rings. The van der Waals surface area contributed by atoms with Crippen molar-refractivity contribution in [2.24, 2.45) is 4.99 Å². The monoisotopic (exact) mass is 316 g/mol. The maximum absolute atomic E-state index is 12.8. The average Bonchev–Trinajstić information content (AvgIpc) is 3.16. The van der Waals surface area contributed by atoms with Gasteiger partial charge >= 0.3 is 0 Å². The summed E-state index contributed by atoms with van der Waals surface area (Å²) in [5.74, 6) is 0.446. The Morgan fingerprint density at radius 2 is 1.75 bits per heavy atom. The second-order valence-corrected chi connectivity index (χ2v) is 5.56. The Hall–Kier alpha value is -3.14. The van der Waals surface area contributed by atoms with E-state index in [1.54, 1.807) is 0 Å². The minimum Gasteiger partial charge on any atom is -0.475 e. The molecule has 118 valence electrons. The first-order valence-electron chi connectivity index (χ1n) is 7.89. The third-order valence-electron chi connectivity index (χ3n) is 4.03. The smallest absolute Gasteiger partial charge is 0.256 e. The quantitative estimate of drug-likeness (QED) is 0.797. The van der Waals surface area contributed by atoms with Crippen molar-refractivity contribution in [2.75, 3.05) is 18.5 Å². The van der Waals surface area contributed by atoms with Crippen molar-refractivity contribution >= 4 is 28.3 Å². The summed E-state index contributed by atoms with van der Waals surface area (Å²) in [5, 5.41) is 4.97. The first kappa shape index (κ1) is 14.5. The van der Waals surface area contributed by atoms with E-state index in [0.717, 1.165) is 16.3 Å². The summed E-state index contributed by atoms with van der Waals surface area (Å²) in [6.07, 6.45) is 0. The molecule has 1 N–H and O–H groups in total. The molecule has 4 rings (SSSR count). The van der Waals surface area contributed by atoms with Gasteiger partial charge in [0.25, 0.3) is 5.91 Å². The maximum atomic E-state index is 12.8. The molecule has 1 aliphatic rings. The van der Waals surface area contributed by atoms with Crippen LogP contribution < -0.4 is 5.32 Å². The van der Waals surface area contributed by atoms with Crippen molar-refractivity contribution < 1.29 is 9.53 Å². The highest BCUT2D eigenvalue weighted by Gasteiger charge is 2.17. The van der Waals surface area contributed by atoms with Crippen LogP contribution in [0.1, 0.15) is 15.9 Å². The third kappa shape index (κ3) is 2.63. The molecule has 0 spiro atoms. The van der Waals surface area contributed by atoms with E-state index in [1.165, 1.54) is 0 Å². The number of para-hydroxylation sites is 1. The Morgan fingerprint density at radius 3 is 2.62 bits per heavy atom. The summed E-state index contributed by atoms with van der Waals surface area (Å²) >= 11 is 0. The Bertz CT molecular complexity index is 942. The summed E-state index contributed by atoms with van der Waals surface area (Å²) < 4.78 is 5.54. The lowest BCUT2D eigenvalue weighted by molar-refractivity contribution is 0.102. The van der Waals surface area contributed by atoms with Gasteiger partial charge in [0, 0.05) is 5.56 Å². The fourth-order valence-corrected chi connectivity index (χ4v) is 2.89. The van der Waals surface area contributed by atoms with E-state index in [9.17, 15) is 4.79 Å². The zero-order valence-corrected chi connectivity index (χ0v) is 13.0. The fraction of sp³-hybridized carbons (Fsp3) is 0.100. The molecule has 0 atom stereocenters. The molecule has 3 aromatic carbocycles. The van der Waals surface area contributed by atoms with Crippen LogP contribution in [0.3, 0.4) is 0 Å². The molecule has 0 saturated heterocycles. The van der Waals surface area contributed by atoms with Gasteiger partial charge in [0.1, 0.15) is 6.61 Å². The van der Waals surface area contributed by atoms with Crippen LogP contribution in [0.2, 0.25) is 0 Å². The molecule has 0 bridgehead atoms. The Balaban J connectivity index is 1.70. The van der Waals surface area contributed by atoms with Crippen LogP contribution in [0, 0.1) is 0 Å². The summed E-state index contributed by atoms with van der Waals surface area (Å²) in [6.45, 7) is 1.24. The lowest BCUT2D eigenvalue weighted by Crippen LogP contribution is -2.15. The molecule has 1 heterocycles. The Kier molecular flexibility index (Phi) is 3.71. The van der Waals surface area contributed by atoms with Gasteiger partial charge in [-0.15, -0.1) is 0 Å². The minimum absolute atomic E-state index is 0.141. The molecule has 0 saturated carbocycles. The lowest BCUT2D eigenvalue weighted by Gasteiger charge is -2.12. The van der Waals surface area contributed by atoms with Crippen molar-refractivity contribution in [2.45, 2.75) is 0 Å². The predicted octanol–water partition coefficient (Wildman–Crippen LogP) is 3.87. The molecule has 0 radical (unpaired) electrons. The number of anilines is 1. The van der Waals surface area contributed by atoms with E-state index < -0.39 is 0 Å². The molecule has 0 aromatic heterocycles. The summed E-state index contributed by atoms with van der Waals surface area (Å²) in [5.41, 5.74) is 2.16. The standard InChI is InChI=1S/C20H16N2O2/c23-19(16-10-5-7-14-6-1-2-8-15(14)16)22-18-11-4-3-9-17(18)20-21-12-13-24-20/h1-11H,12-13H2,(H,22,23). The predicted molar refractivity (Wildman–Crippen MR) is 95.7 cm³/mol. The van der Waals surface area contributed by atoms with Crippen molar-refractivity contribution in [1.29, 1.82) is 0 Å². The highest BCUT2D eigenvalue weighted by atomic mass is 16.5. The molecular weight excluding hydrogens is 300 g/mol. The first-order valence-corrected chi connectivity index (χ1v) is 7.89. The number of fused-ring (bicyclic) bond motifs is 1. The topological polar surface area (TPSA) is 50.7 Å². The lowest BCUT2D eigenvalue weighted by atomic mass is 10.0. The Labute approximate surface area is 139 Å². The number of hydrogen-bond acceptors (Lipinski definition) is 3. The van der Waals surface area contributed by atoms with Gasteiger partial charge < -0.3 is 10.1 Å². The first-order chi connectivity index (χ1) is 11.8. The van der Waals surface area contributed by atoms with Crippen LogP contribution in [0.25, 0.3) is 10.8 Å². The zero-order valence-electron chi connectivity index (χ0n) is 13.0. The van der Waals surface area contributed by atoms with Gasteiger partial charge in [-0.3, -0.25) is 4.79 Å². The number of aliphatic imine (C=N–C) groups is 1. The van der Waals surface area contributed by atoms with Gasteiger partial charge in [0.2, 0.25) is 5.90 Å². The van der Waals surface area contributed by atoms with Crippen LogP contribution in [-0.4, -0.2) is 25.0 Å². The fourth-order valence-electron chi connectivity index (χ4n) is 2.89. The average molecular weight is 316 g/mol. The normalized spacial score (nSPS) is 13.4. The second kappa shape index (κ2) is 6.16. The maximum Gasteiger partial charge on any atom is 0.256 e. The molecule has 0 unspecified atom stereocenters. The van der Waals surface area contributed by atoms with Gasteiger partial charge in [-0.2, -0.15) is 0 Å². The van der Waals surface area contributed by atoms with Crippen molar-refractivity contribution in [1.82, 2.24) is 0 Å². The number of hydrogen-bond donors (Lipinski definition) is 1. The van der Waals surface area contributed by atoms with E-state index in [-0.39, 0.29) is 5.91 Å². The van der Waals surface area contributed by atoms with Crippen molar-refractivity contribution in [3.8, 4) is 0 Å². The third-order valence-corrected chi connectivity index (χ3v) is 4.03. The van der Waals surface area contributed by atoms with Crippen LogP contribution in [0.15, 0.2) is 71.7 Å². The largest absolute Gasteiger partial charge is 0.475 e. The number of nitrogens with zero attached hydrogens (tertiary/aromatic N) is 1. The number of ether oxygens (including phenoxy) is 1. The molecule has 4 nitrogen and oxygen atoms in total. The highest BCUT2D eigenvalue weighted by Crippen LogP contribution is 2.22. The number of carbonyl (C=O) groups is 1. The molecule has 24 heavy (non-hydrogen) atoms. The van der Waals surface area contributed by atoms with Gasteiger partial charge in [-0.05, 0) is 29.0 Å². The van der Waals surface area contributed by atoms with Crippen molar-refractivity contribution in [3.05, 3.63) is 77.9 Å². The van der Waals surface area contributed by atoms with E-state index in [1.807, 2.05) is 66.7 Å². The van der Waals surface area contributed by atoms with Gasteiger partial charge in [0.05, 0.1) is 17.8 Å². The van der Waals surface area contributed by atoms with Crippen LogP contribution in [0.5, 0.6) is 0 Å². The van der Waals surface area contributed by atoms with Crippen molar-refractivity contribution in [3.63, 3.8) is 0 Å². The molecule has 0 aliphatic carbocycles. The molecule has 3 aromatic rings. The molecular formula is C20H16N2O2. The number of amides is 1.